The maximum Gasteiger partial charge on any atom is 0.262 e. The van der Waals surface area contributed by atoms with Crippen LogP contribution < -0.4 is 10.1 Å². The maximum atomic E-state index is 12.1. The quantitative estimate of drug-likeness (QED) is 0.888. The number of hydrogen-bond donors (Lipinski definition) is 1. The lowest BCUT2D eigenvalue weighted by molar-refractivity contribution is 0.0953. The number of fused-ring (bicyclic) bond motifs is 1. The minimum absolute atomic E-state index is 0.167. The van der Waals surface area contributed by atoms with Crippen LogP contribution in [0.5, 0.6) is 5.75 Å². The van der Waals surface area contributed by atoms with Crippen LogP contribution in [0.4, 0.5) is 0 Å². The predicted molar refractivity (Wildman–Crippen MR) is 85.6 cm³/mol. The van der Waals surface area contributed by atoms with Gasteiger partial charge < -0.3 is 10.1 Å². The second kappa shape index (κ2) is 6.20. The second-order valence-electron chi connectivity index (χ2n) is 4.81. The molecule has 3 nitrogen and oxygen atoms in total. The molecule has 0 radical (unpaired) electrons. The van der Waals surface area contributed by atoms with Gasteiger partial charge in [0.15, 0.2) is 0 Å². The van der Waals surface area contributed by atoms with E-state index in [1.165, 1.54) is 11.3 Å². The summed E-state index contributed by atoms with van der Waals surface area (Å²) in [6.45, 7) is 4.68. The minimum atomic E-state index is -0.167. The Morgan fingerprint density at radius 2 is 2.05 bits per heavy atom. The lowest BCUT2D eigenvalue weighted by atomic mass is 10.2. The van der Waals surface area contributed by atoms with E-state index < -0.39 is 0 Å². The van der Waals surface area contributed by atoms with E-state index in [-0.39, 0.29) is 5.91 Å². The SMILES string of the molecule is COc1ccc2c(Cl)c(C(=O)NCC(C)C)sc2c1Cl. The van der Waals surface area contributed by atoms with Gasteiger partial charge in [-0.05, 0) is 18.1 Å². The molecule has 6 heteroatoms. The number of carbonyl (C=O) groups excluding carboxylic acids is 1. The summed E-state index contributed by atoms with van der Waals surface area (Å²) in [5, 5.41) is 4.56. The molecule has 2 rings (SSSR count). The molecular weight excluding hydrogens is 317 g/mol. The van der Waals surface area contributed by atoms with Crippen molar-refractivity contribution in [1.29, 1.82) is 0 Å². The molecule has 108 valence electrons. The lowest BCUT2D eigenvalue weighted by Crippen LogP contribution is -2.26. The molecule has 1 heterocycles. The second-order valence-corrected chi connectivity index (χ2v) is 6.58. The molecule has 0 aliphatic rings. The summed E-state index contributed by atoms with van der Waals surface area (Å²) in [5.41, 5.74) is 0. The molecule has 1 aromatic heterocycles. The summed E-state index contributed by atoms with van der Waals surface area (Å²) < 4.78 is 5.94. The van der Waals surface area contributed by atoms with Crippen molar-refractivity contribution >= 4 is 50.5 Å². The third-order valence-electron chi connectivity index (χ3n) is 2.80. The number of methoxy groups -OCH3 is 1. The standard InChI is InChI=1S/C14H15Cl2NO2S/c1-7(2)6-17-14(18)13-10(15)8-4-5-9(19-3)11(16)12(8)20-13/h4-5,7H,6H2,1-3H3,(H,17,18). The summed E-state index contributed by atoms with van der Waals surface area (Å²) in [7, 11) is 1.55. The van der Waals surface area contributed by atoms with Crippen molar-refractivity contribution in [2.75, 3.05) is 13.7 Å². The fraction of sp³-hybridized carbons (Fsp3) is 0.357. The summed E-state index contributed by atoms with van der Waals surface area (Å²) in [5.74, 6) is 0.793. The smallest absolute Gasteiger partial charge is 0.262 e. The van der Waals surface area contributed by atoms with Gasteiger partial charge in [-0.25, -0.2) is 0 Å². The van der Waals surface area contributed by atoms with Gasteiger partial charge in [0.1, 0.15) is 15.6 Å². The summed E-state index contributed by atoms with van der Waals surface area (Å²) in [6.07, 6.45) is 0. The Morgan fingerprint density at radius 1 is 1.35 bits per heavy atom. The lowest BCUT2D eigenvalue weighted by Gasteiger charge is -2.06. The predicted octanol–water partition coefficient (Wildman–Crippen LogP) is 4.60. The highest BCUT2D eigenvalue weighted by atomic mass is 35.5. The molecule has 1 N–H and O–H groups in total. The van der Waals surface area contributed by atoms with Gasteiger partial charge in [-0.3, -0.25) is 4.79 Å². The molecule has 2 aromatic rings. The summed E-state index contributed by atoms with van der Waals surface area (Å²) in [4.78, 5) is 12.6. The van der Waals surface area contributed by atoms with Gasteiger partial charge >= 0.3 is 0 Å². The first kappa shape index (κ1) is 15.4. The highest BCUT2D eigenvalue weighted by molar-refractivity contribution is 7.22. The van der Waals surface area contributed by atoms with Gasteiger partial charge in [0.05, 0.1) is 16.8 Å². The zero-order chi connectivity index (χ0) is 14.9. The van der Waals surface area contributed by atoms with Crippen molar-refractivity contribution in [2.24, 2.45) is 5.92 Å². The first-order valence-electron chi connectivity index (χ1n) is 6.18. The average molecular weight is 332 g/mol. The highest BCUT2D eigenvalue weighted by Gasteiger charge is 2.20. The van der Waals surface area contributed by atoms with Gasteiger partial charge in [0, 0.05) is 11.9 Å². The van der Waals surface area contributed by atoms with Crippen molar-refractivity contribution in [2.45, 2.75) is 13.8 Å². The number of rotatable bonds is 4. The van der Waals surface area contributed by atoms with Crippen LogP contribution in [0.25, 0.3) is 10.1 Å². The average Bonchev–Trinajstić information content (AvgIpc) is 2.75. The molecule has 0 fully saturated rings. The molecule has 20 heavy (non-hydrogen) atoms. The van der Waals surface area contributed by atoms with E-state index >= 15 is 0 Å². The van der Waals surface area contributed by atoms with E-state index in [0.717, 1.165) is 10.1 Å². The van der Waals surface area contributed by atoms with Crippen LogP contribution >= 0.6 is 34.5 Å². The molecule has 0 aliphatic carbocycles. The van der Waals surface area contributed by atoms with Crippen LogP contribution in [0.3, 0.4) is 0 Å². The normalized spacial score (nSPS) is 11.1. The zero-order valence-corrected chi connectivity index (χ0v) is 13.7. The van der Waals surface area contributed by atoms with Crippen LogP contribution in [0.15, 0.2) is 12.1 Å². The number of hydrogen-bond acceptors (Lipinski definition) is 3. The van der Waals surface area contributed by atoms with Gasteiger partial charge in [-0.1, -0.05) is 37.0 Å². The zero-order valence-electron chi connectivity index (χ0n) is 11.4. The number of carbonyl (C=O) groups is 1. The first-order chi connectivity index (χ1) is 9.45. The third kappa shape index (κ3) is 2.87. The highest BCUT2D eigenvalue weighted by Crippen LogP contribution is 2.42. The molecule has 1 amide bonds. The number of benzene rings is 1. The number of ether oxygens (including phenoxy) is 1. The van der Waals surface area contributed by atoms with Gasteiger partial charge in [-0.15, -0.1) is 11.3 Å². The largest absolute Gasteiger partial charge is 0.495 e. The van der Waals surface area contributed by atoms with E-state index in [0.29, 0.717) is 33.1 Å². The number of amides is 1. The van der Waals surface area contributed by atoms with E-state index in [2.05, 4.69) is 5.32 Å². The van der Waals surface area contributed by atoms with E-state index in [1.54, 1.807) is 13.2 Å². The third-order valence-corrected chi connectivity index (χ3v) is 5.01. The molecule has 0 bridgehead atoms. The Bertz CT molecular complexity index is 652. The van der Waals surface area contributed by atoms with E-state index in [4.69, 9.17) is 27.9 Å². The summed E-state index contributed by atoms with van der Waals surface area (Å²) in [6, 6.07) is 3.57. The molecule has 0 saturated carbocycles. The van der Waals surface area contributed by atoms with Crippen LogP contribution in [0.1, 0.15) is 23.5 Å². The molecule has 0 saturated heterocycles. The van der Waals surface area contributed by atoms with E-state index in [1.807, 2.05) is 19.9 Å². The number of thiophene rings is 1. The Hall–Kier alpha value is -0.970. The molecule has 1 aromatic carbocycles. The summed E-state index contributed by atoms with van der Waals surface area (Å²) >= 11 is 13.8. The van der Waals surface area contributed by atoms with Gasteiger partial charge in [0.2, 0.25) is 0 Å². The molecule has 0 spiro atoms. The number of nitrogens with one attached hydrogen (secondary N) is 1. The van der Waals surface area contributed by atoms with E-state index in [9.17, 15) is 4.79 Å². The number of halogens is 2. The van der Waals surface area contributed by atoms with Crippen molar-refractivity contribution in [3.8, 4) is 5.75 Å². The van der Waals surface area contributed by atoms with Gasteiger partial charge in [-0.2, -0.15) is 0 Å². The minimum Gasteiger partial charge on any atom is -0.495 e. The Labute approximate surface area is 131 Å². The molecule has 0 atom stereocenters. The maximum absolute atomic E-state index is 12.1. The van der Waals surface area contributed by atoms with Crippen molar-refractivity contribution in [3.05, 3.63) is 27.1 Å². The van der Waals surface area contributed by atoms with Crippen molar-refractivity contribution in [3.63, 3.8) is 0 Å². The fourth-order valence-corrected chi connectivity index (χ4v) is 3.57. The fourth-order valence-electron chi connectivity index (χ4n) is 1.76. The van der Waals surface area contributed by atoms with Crippen molar-refractivity contribution in [1.82, 2.24) is 5.32 Å². The Kier molecular flexibility index (Phi) is 4.78. The van der Waals surface area contributed by atoms with Crippen LogP contribution in [-0.4, -0.2) is 19.6 Å². The molecular formula is C14H15Cl2NO2S. The Balaban J connectivity index is 2.43. The van der Waals surface area contributed by atoms with Crippen LogP contribution in [0, 0.1) is 5.92 Å². The van der Waals surface area contributed by atoms with Crippen LogP contribution in [-0.2, 0) is 0 Å². The first-order valence-corrected chi connectivity index (χ1v) is 7.75. The van der Waals surface area contributed by atoms with Gasteiger partial charge in [0.25, 0.3) is 5.91 Å². The monoisotopic (exact) mass is 331 g/mol. The van der Waals surface area contributed by atoms with Crippen molar-refractivity contribution < 1.29 is 9.53 Å². The Morgan fingerprint density at radius 3 is 2.65 bits per heavy atom. The van der Waals surface area contributed by atoms with Crippen LogP contribution in [0.2, 0.25) is 10.0 Å². The molecule has 0 aliphatic heterocycles. The molecule has 0 unspecified atom stereocenters. The topological polar surface area (TPSA) is 38.3 Å².